The summed E-state index contributed by atoms with van der Waals surface area (Å²) in [7, 11) is 0. The normalized spacial score (nSPS) is 21.2. The molecule has 3 aliphatic rings. The quantitative estimate of drug-likeness (QED) is 0.400. The minimum absolute atomic E-state index is 0.0324. The number of rotatable bonds is 8. The van der Waals surface area contributed by atoms with Gasteiger partial charge in [0.25, 0.3) is 0 Å². The van der Waals surface area contributed by atoms with Gasteiger partial charge in [-0.05, 0) is 73.6 Å². The van der Waals surface area contributed by atoms with Gasteiger partial charge >= 0.3 is 6.36 Å². The number of hydrogen-bond donors (Lipinski definition) is 1. The van der Waals surface area contributed by atoms with E-state index in [0.29, 0.717) is 49.8 Å². The second-order valence-electron chi connectivity index (χ2n) is 12.2. The Morgan fingerprint density at radius 1 is 1.18 bits per heavy atom. The number of halogens is 3. The van der Waals surface area contributed by atoms with Crippen LogP contribution in [0.15, 0.2) is 40.9 Å². The molecule has 1 saturated heterocycles. The fraction of sp³-hybridized carbons (Fsp3) is 0.484. The van der Waals surface area contributed by atoms with Crippen molar-refractivity contribution in [1.82, 2.24) is 25.3 Å². The number of fused-ring (bicyclic) bond motifs is 1. The second-order valence-corrected chi connectivity index (χ2v) is 12.2. The van der Waals surface area contributed by atoms with Crippen LogP contribution in [-0.4, -0.2) is 70.1 Å². The number of aromatic nitrogens is 2. The van der Waals surface area contributed by atoms with E-state index < -0.39 is 11.9 Å². The lowest BCUT2D eigenvalue weighted by molar-refractivity contribution is -0.274. The number of benzene rings is 2. The number of carbonyl (C=O) groups excluding carboxylic acids is 2. The highest BCUT2D eigenvalue weighted by atomic mass is 19.4. The van der Waals surface area contributed by atoms with E-state index in [1.807, 2.05) is 26.0 Å². The number of ether oxygens (including phenoxy) is 2. The molecular weight excluding hydrogens is 579 g/mol. The highest BCUT2D eigenvalue weighted by Crippen LogP contribution is 2.47. The van der Waals surface area contributed by atoms with Crippen LogP contribution >= 0.6 is 0 Å². The van der Waals surface area contributed by atoms with Crippen LogP contribution in [0.5, 0.6) is 5.75 Å². The highest BCUT2D eigenvalue weighted by Gasteiger charge is 2.47. The molecule has 10 nitrogen and oxygen atoms in total. The molecule has 6 rings (SSSR count). The van der Waals surface area contributed by atoms with Crippen molar-refractivity contribution in [3.05, 3.63) is 64.8 Å². The van der Waals surface area contributed by atoms with Gasteiger partial charge in [0, 0.05) is 19.6 Å². The topological polar surface area (TPSA) is 110 Å². The van der Waals surface area contributed by atoms with Gasteiger partial charge in [-0.2, -0.15) is 4.98 Å². The Balaban J connectivity index is 1.23. The van der Waals surface area contributed by atoms with Crippen molar-refractivity contribution in [3.63, 3.8) is 0 Å². The fourth-order valence-corrected chi connectivity index (χ4v) is 6.09. The molecule has 2 amide bonds. The highest BCUT2D eigenvalue weighted by molar-refractivity contribution is 5.83. The third-order valence-electron chi connectivity index (χ3n) is 8.47. The van der Waals surface area contributed by atoms with Crippen LogP contribution in [0, 0.1) is 12.8 Å². The Morgan fingerprint density at radius 2 is 2.00 bits per heavy atom. The predicted molar refractivity (Wildman–Crippen MR) is 151 cm³/mol. The Morgan fingerprint density at radius 3 is 2.70 bits per heavy atom. The molecule has 1 N–H and O–H groups in total. The van der Waals surface area contributed by atoms with Gasteiger partial charge in [-0.25, -0.2) is 0 Å². The summed E-state index contributed by atoms with van der Waals surface area (Å²) in [6.07, 6.45) is -3.59. The van der Waals surface area contributed by atoms with Gasteiger partial charge < -0.3 is 24.2 Å². The van der Waals surface area contributed by atoms with E-state index in [2.05, 4.69) is 25.1 Å². The molecule has 2 aromatic carbocycles. The summed E-state index contributed by atoms with van der Waals surface area (Å²) in [4.78, 5) is 34.3. The Bertz CT molecular complexity index is 1570. The summed E-state index contributed by atoms with van der Waals surface area (Å²) in [6, 6.07) is 9.69. The lowest BCUT2D eigenvalue weighted by Gasteiger charge is -2.35. The van der Waals surface area contributed by atoms with E-state index in [1.165, 1.54) is 18.2 Å². The van der Waals surface area contributed by atoms with Gasteiger partial charge in [0.2, 0.25) is 17.7 Å². The first-order chi connectivity index (χ1) is 20.9. The Labute approximate surface area is 252 Å². The van der Waals surface area contributed by atoms with Crippen LogP contribution in [-0.2, 0) is 33.8 Å². The zero-order valence-corrected chi connectivity index (χ0v) is 24.7. The smallest absolute Gasteiger partial charge is 0.406 e. The van der Waals surface area contributed by atoms with Gasteiger partial charge in [-0.15, -0.1) is 13.2 Å². The van der Waals surface area contributed by atoms with Crippen molar-refractivity contribution in [2.24, 2.45) is 5.92 Å². The first-order valence-electron chi connectivity index (χ1n) is 14.6. The molecule has 1 aliphatic carbocycles. The van der Waals surface area contributed by atoms with E-state index in [4.69, 9.17) is 9.26 Å². The largest absolute Gasteiger partial charge is 0.573 e. The minimum atomic E-state index is -4.80. The van der Waals surface area contributed by atoms with Crippen molar-refractivity contribution in [3.8, 4) is 16.9 Å². The summed E-state index contributed by atoms with van der Waals surface area (Å²) in [6.45, 7) is 7.88. The number of aryl methyl sites for hydroxylation is 1. The van der Waals surface area contributed by atoms with E-state index in [0.717, 1.165) is 22.3 Å². The maximum absolute atomic E-state index is 13.2. The number of alkyl halides is 3. The monoisotopic (exact) mass is 613 g/mol. The van der Waals surface area contributed by atoms with Crippen molar-refractivity contribution < 1.29 is 36.8 Å². The number of hydrogen-bond acceptors (Lipinski definition) is 8. The molecule has 1 saturated carbocycles. The molecule has 13 heteroatoms. The average Bonchev–Trinajstić information content (AvgIpc) is 3.51. The standard InChI is InChI=1S/C31H34F3N5O5/c1-18-36-29(44-37-18)25-12-24(25)28(41)35-13-20-7-8-22(19-5-4-6-21(11-19)43-31(32,33)34)23-9-10-38(14-26(20)23)15-27(40)39-17-42-16-30(39,2)3/h4-8,11,24-25H,9-10,12-17H2,1-3H3,(H,35,41)/t24?,25-/m1/s1. The van der Waals surface area contributed by atoms with Crippen LogP contribution in [0.4, 0.5) is 13.2 Å². The van der Waals surface area contributed by atoms with Gasteiger partial charge in [-0.3, -0.25) is 14.5 Å². The third kappa shape index (κ3) is 6.43. The number of carbonyl (C=O) groups is 2. The first-order valence-corrected chi connectivity index (χ1v) is 14.6. The Hall–Kier alpha value is -3.97. The lowest BCUT2D eigenvalue weighted by Crippen LogP contribution is -2.49. The molecule has 234 valence electrons. The van der Waals surface area contributed by atoms with Crippen molar-refractivity contribution in [2.45, 2.75) is 64.5 Å². The number of nitrogens with one attached hydrogen (secondary N) is 1. The molecule has 2 fully saturated rings. The number of nitrogens with zero attached hydrogens (tertiary/aromatic N) is 4. The minimum Gasteiger partial charge on any atom is -0.406 e. The molecule has 3 aromatic rings. The van der Waals surface area contributed by atoms with Crippen LogP contribution in [0.3, 0.4) is 0 Å². The van der Waals surface area contributed by atoms with Crippen LogP contribution in [0.25, 0.3) is 11.1 Å². The number of amides is 2. The van der Waals surface area contributed by atoms with Gasteiger partial charge in [0.1, 0.15) is 12.5 Å². The maximum atomic E-state index is 13.2. The van der Waals surface area contributed by atoms with Gasteiger partial charge in [0.05, 0.1) is 30.5 Å². The molecule has 0 bridgehead atoms. The van der Waals surface area contributed by atoms with E-state index in [-0.39, 0.29) is 49.2 Å². The van der Waals surface area contributed by atoms with E-state index in [9.17, 15) is 22.8 Å². The molecule has 3 heterocycles. The SMILES string of the molecule is Cc1noc([C@@H]2CC2C(=O)NCc2ccc(-c3cccc(OC(F)(F)F)c3)c3c2CN(CC(=O)N2COCC2(C)C)CC3)n1. The summed E-state index contributed by atoms with van der Waals surface area (Å²) in [5.74, 6) is 0.203. The maximum Gasteiger partial charge on any atom is 0.573 e. The van der Waals surface area contributed by atoms with Crippen molar-refractivity contribution >= 4 is 11.8 Å². The molecule has 0 radical (unpaired) electrons. The molecule has 2 aliphatic heterocycles. The summed E-state index contributed by atoms with van der Waals surface area (Å²) >= 11 is 0. The first kappa shape index (κ1) is 30.1. The zero-order chi connectivity index (χ0) is 31.2. The molecule has 44 heavy (non-hydrogen) atoms. The van der Waals surface area contributed by atoms with Crippen molar-refractivity contribution in [1.29, 1.82) is 0 Å². The van der Waals surface area contributed by atoms with Gasteiger partial charge in [-0.1, -0.05) is 29.4 Å². The van der Waals surface area contributed by atoms with Crippen molar-refractivity contribution in [2.75, 3.05) is 26.4 Å². The Kier molecular flexibility index (Phi) is 7.87. The summed E-state index contributed by atoms with van der Waals surface area (Å²) < 4.78 is 53.7. The predicted octanol–water partition coefficient (Wildman–Crippen LogP) is 4.32. The average molecular weight is 614 g/mol. The second kappa shape index (κ2) is 11.5. The summed E-state index contributed by atoms with van der Waals surface area (Å²) in [5, 5.41) is 6.85. The van der Waals surface area contributed by atoms with E-state index in [1.54, 1.807) is 17.9 Å². The van der Waals surface area contributed by atoms with Gasteiger partial charge in [0.15, 0.2) is 5.82 Å². The van der Waals surface area contributed by atoms with Crippen LogP contribution < -0.4 is 10.1 Å². The molecule has 1 unspecified atom stereocenters. The lowest BCUT2D eigenvalue weighted by atomic mass is 9.87. The summed E-state index contributed by atoms with van der Waals surface area (Å²) in [5.41, 5.74) is 3.79. The van der Waals surface area contributed by atoms with E-state index >= 15 is 0 Å². The third-order valence-corrected chi connectivity index (χ3v) is 8.47. The van der Waals surface area contributed by atoms with Crippen LogP contribution in [0.2, 0.25) is 0 Å². The van der Waals surface area contributed by atoms with Crippen LogP contribution in [0.1, 0.15) is 54.6 Å². The molecular formula is C31H34F3N5O5. The fourth-order valence-electron chi connectivity index (χ4n) is 6.09. The molecule has 2 atom stereocenters. The molecule has 0 spiro atoms. The molecule has 1 aromatic heterocycles. The zero-order valence-electron chi connectivity index (χ0n) is 24.7.